The molecule has 2 aromatic rings. The summed E-state index contributed by atoms with van der Waals surface area (Å²) in [5.41, 5.74) is 1.16. The Labute approximate surface area is 158 Å². The number of methoxy groups -OCH3 is 1. The summed E-state index contributed by atoms with van der Waals surface area (Å²) in [6, 6.07) is 7.93. The lowest BCUT2D eigenvalue weighted by Gasteiger charge is -2.18. The van der Waals surface area contributed by atoms with Crippen LogP contribution in [0.5, 0.6) is 5.75 Å². The number of amides is 2. The van der Waals surface area contributed by atoms with Crippen molar-refractivity contribution in [3.05, 3.63) is 41.5 Å². The number of hydrogen-bond acceptors (Lipinski definition) is 5. The van der Waals surface area contributed by atoms with E-state index in [1.54, 1.807) is 7.11 Å². The first-order chi connectivity index (χ1) is 13.2. The minimum atomic E-state index is -0.0811. The molecule has 8 heteroatoms. The monoisotopic (exact) mass is 371 g/mol. The topological polar surface area (TPSA) is 92.4 Å². The second-order valence-electron chi connectivity index (χ2n) is 6.97. The van der Waals surface area contributed by atoms with Crippen LogP contribution in [0.25, 0.3) is 0 Å². The summed E-state index contributed by atoms with van der Waals surface area (Å²) >= 11 is 0. The van der Waals surface area contributed by atoms with Gasteiger partial charge in [-0.25, -0.2) is 9.78 Å². The van der Waals surface area contributed by atoms with Crippen molar-refractivity contribution in [2.45, 2.75) is 37.8 Å². The van der Waals surface area contributed by atoms with E-state index in [0.717, 1.165) is 43.7 Å². The van der Waals surface area contributed by atoms with Crippen molar-refractivity contribution in [2.24, 2.45) is 0 Å². The summed E-state index contributed by atoms with van der Waals surface area (Å²) in [6.45, 7) is 2.50. The van der Waals surface area contributed by atoms with Crippen molar-refractivity contribution in [1.29, 1.82) is 0 Å². The summed E-state index contributed by atoms with van der Waals surface area (Å²) in [7, 11) is 1.68. The van der Waals surface area contributed by atoms with Crippen LogP contribution in [0.4, 0.5) is 4.79 Å². The second kappa shape index (κ2) is 7.96. The van der Waals surface area contributed by atoms with Gasteiger partial charge in [-0.15, -0.1) is 0 Å². The molecule has 0 spiro atoms. The number of carbonyl (C=O) groups excluding carboxylic acids is 1. The standard InChI is InChI=1S/C19H25N5O3/c1-26-15-6-3-2-5-14(15)13-8-9-24(12-13)19(25)20-11-17-21-18(23-22-17)16-7-4-10-27-16/h2-3,5-6,13,16H,4,7-12H2,1H3,(H,20,25)(H,21,22,23). The smallest absolute Gasteiger partial charge is 0.317 e. The summed E-state index contributed by atoms with van der Waals surface area (Å²) in [6.07, 6.45) is 2.89. The van der Waals surface area contributed by atoms with Gasteiger partial charge in [0, 0.05) is 25.6 Å². The van der Waals surface area contributed by atoms with Crippen molar-refractivity contribution in [3.8, 4) is 5.75 Å². The first kappa shape index (κ1) is 17.8. The molecule has 2 amide bonds. The molecule has 1 aromatic carbocycles. The van der Waals surface area contributed by atoms with E-state index < -0.39 is 0 Å². The fourth-order valence-corrected chi connectivity index (χ4v) is 3.79. The van der Waals surface area contributed by atoms with Gasteiger partial charge in [0.25, 0.3) is 0 Å². The lowest BCUT2D eigenvalue weighted by Crippen LogP contribution is -2.38. The molecule has 27 heavy (non-hydrogen) atoms. The summed E-state index contributed by atoms with van der Waals surface area (Å²) < 4.78 is 11.0. The van der Waals surface area contributed by atoms with Gasteiger partial charge in [-0.1, -0.05) is 18.2 Å². The van der Waals surface area contributed by atoms with E-state index in [0.29, 0.717) is 30.7 Å². The second-order valence-corrected chi connectivity index (χ2v) is 6.97. The third kappa shape index (κ3) is 3.90. The van der Waals surface area contributed by atoms with Crippen LogP contribution in [-0.4, -0.2) is 52.9 Å². The highest BCUT2D eigenvalue weighted by Gasteiger charge is 2.29. The van der Waals surface area contributed by atoms with Crippen LogP contribution in [0.2, 0.25) is 0 Å². The number of hydrogen-bond donors (Lipinski definition) is 2. The molecule has 2 N–H and O–H groups in total. The Morgan fingerprint density at radius 2 is 2.30 bits per heavy atom. The average Bonchev–Trinajstić information content (AvgIpc) is 3.47. The first-order valence-electron chi connectivity index (χ1n) is 9.43. The average molecular weight is 371 g/mol. The van der Waals surface area contributed by atoms with E-state index in [-0.39, 0.29) is 12.1 Å². The maximum atomic E-state index is 12.5. The van der Waals surface area contributed by atoms with Gasteiger partial charge in [0.15, 0.2) is 5.82 Å². The maximum absolute atomic E-state index is 12.5. The van der Waals surface area contributed by atoms with Gasteiger partial charge in [0.05, 0.1) is 13.7 Å². The number of H-pyrrole nitrogens is 1. The van der Waals surface area contributed by atoms with Crippen LogP contribution in [0, 0.1) is 0 Å². The largest absolute Gasteiger partial charge is 0.496 e. The number of carbonyl (C=O) groups is 1. The number of nitrogens with zero attached hydrogens (tertiary/aromatic N) is 3. The molecule has 2 atom stereocenters. The molecule has 2 unspecified atom stereocenters. The molecule has 2 aliphatic heterocycles. The molecule has 0 aliphatic carbocycles. The van der Waals surface area contributed by atoms with E-state index >= 15 is 0 Å². The van der Waals surface area contributed by atoms with Gasteiger partial charge in [0.2, 0.25) is 0 Å². The summed E-state index contributed by atoms with van der Waals surface area (Å²) in [5, 5.41) is 10.0. The lowest BCUT2D eigenvalue weighted by atomic mass is 9.97. The van der Waals surface area contributed by atoms with Crippen molar-refractivity contribution in [2.75, 3.05) is 26.8 Å². The number of para-hydroxylation sites is 1. The highest BCUT2D eigenvalue weighted by atomic mass is 16.5. The summed E-state index contributed by atoms with van der Waals surface area (Å²) in [5.74, 6) is 2.50. The van der Waals surface area contributed by atoms with Crippen molar-refractivity contribution >= 4 is 6.03 Å². The molecular weight excluding hydrogens is 346 g/mol. The Morgan fingerprint density at radius 3 is 3.11 bits per heavy atom. The minimum Gasteiger partial charge on any atom is -0.496 e. The molecule has 2 saturated heterocycles. The fourth-order valence-electron chi connectivity index (χ4n) is 3.79. The molecular formula is C19H25N5O3. The highest BCUT2D eigenvalue weighted by Crippen LogP contribution is 2.33. The molecule has 2 aliphatic rings. The molecule has 0 bridgehead atoms. The van der Waals surface area contributed by atoms with E-state index in [2.05, 4.69) is 26.6 Å². The third-order valence-electron chi connectivity index (χ3n) is 5.23. The Balaban J connectivity index is 1.30. The zero-order chi connectivity index (χ0) is 18.6. The third-order valence-corrected chi connectivity index (χ3v) is 5.23. The van der Waals surface area contributed by atoms with Crippen LogP contribution in [0.1, 0.15) is 48.5 Å². The fraction of sp³-hybridized carbons (Fsp3) is 0.526. The zero-order valence-corrected chi connectivity index (χ0v) is 15.5. The maximum Gasteiger partial charge on any atom is 0.317 e. The van der Waals surface area contributed by atoms with Gasteiger partial charge in [-0.3, -0.25) is 5.10 Å². The van der Waals surface area contributed by atoms with Crippen LogP contribution >= 0.6 is 0 Å². The number of ether oxygens (including phenoxy) is 2. The van der Waals surface area contributed by atoms with Crippen molar-refractivity contribution in [3.63, 3.8) is 0 Å². The molecule has 0 saturated carbocycles. The SMILES string of the molecule is COc1ccccc1C1CCN(C(=O)NCc2nc(C3CCCO3)n[nH]2)C1. The predicted octanol–water partition coefficient (Wildman–Crippen LogP) is 2.36. The number of urea groups is 1. The molecule has 3 heterocycles. The number of rotatable bonds is 5. The number of aromatic nitrogens is 3. The normalized spacial score (nSPS) is 22.2. The Morgan fingerprint density at radius 1 is 1.41 bits per heavy atom. The minimum absolute atomic E-state index is 0.0223. The molecule has 144 valence electrons. The molecule has 4 rings (SSSR count). The predicted molar refractivity (Wildman–Crippen MR) is 98.5 cm³/mol. The molecule has 8 nitrogen and oxygen atoms in total. The number of nitrogens with one attached hydrogen (secondary N) is 2. The van der Waals surface area contributed by atoms with Crippen LogP contribution < -0.4 is 10.1 Å². The Bertz CT molecular complexity index is 787. The van der Waals surface area contributed by atoms with Gasteiger partial charge in [-0.2, -0.15) is 5.10 Å². The first-order valence-corrected chi connectivity index (χ1v) is 9.43. The number of likely N-dealkylation sites (tertiary alicyclic amines) is 1. The Hall–Kier alpha value is -2.61. The molecule has 0 radical (unpaired) electrons. The van der Waals surface area contributed by atoms with Crippen LogP contribution in [-0.2, 0) is 11.3 Å². The summed E-state index contributed by atoms with van der Waals surface area (Å²) in [4.78, 5) is 18.8. The number of aromatic amines is 1. The van der Waals surface area contributed by atoms with Gasteiger partial charge >= 0.3 is 6.03 Å². The van der Waals surface area contributed by atoms with Crippen LogP contribution in [0.3, 0.4) is 0 Å². The van der Waals surface area contributed by atoms with E-state index in [4.69, 9.17) is 9.47 Å². The van der Waals surface area contributed by atoms with E-state index in [1.807, 2.05) is 23.1 Å². The molecule has 2 fully saturated rings. The van der Waals surface area contributed by atoms with Gasteiger partial charge in [0.1, 0.15) is 17.7 Å². The van der Waals surface area contributed by atoms with Crippen molar-refractivity contribution < 1.29 is 14.3 Å². The van der Waals surface area contributed by atoms with Crippen molar-refractivity contribution in [1.82, 2.24) is 25.4 Å². The molecule has 1 aromatic heterocycles. The Kier molecular flexibility index (Phi) is 5.24. The van der Waals surface area contributed by atoms with Gasteiger partial charge in [-0.05, 0) is 30.9 Å². The quantitative estimate of drug-likeness (QED) is 0.842. The number of benzene rings is 1. The lowest BCUT2D eigenvalue weighted by molar-refractivity contribution is 0.105. The van der Waals surface area contributed by atoms with Crippen LogP contribution in [0.15, 0.2) is 24.3 Å². The van der Waals surface area contributed by atoms with E-state index in [1.165, 1.54) is 0 Å². The van der Waals surface area contributed by atoms with Gasteiger partial charge < -0.3 is 19.7 Å². The van der Waals surface area contributed by atoms with E-state index in [9.17, 15) is 4.79 Å². The highest BCUT2D eigenvalue weighted by molar-refractivity contribution is 5.74. The zero-order valence-electron chi connectivity index (χ0n) is 15.5.